The summed E-state index contributed by atoms with van der Waals surface area (Å²) in [6, 6.07) is 0. The largest absolute Gasteiger partial charge is 0.396 e. The summed E-state index contributed by atoms with van der Waals surface area (Å²) in [4.78, 5) is 10.6. The van der Waals surface area contributed by atoms with E-state index in [4.69, 9.17) is 10.8 Å². The molecule has 1 unspecified atom stereocenters. The Bertz CT molecular complexity index is 294. The van der Waals surface area contributed by atoms with Crippen LogP contribution in [0.2, 0.25) is 0 Å². The van der Waals surface area contributed by atoms with Crippen molar-refractivity contribution in [3.63, 3.8) is 0 Å². The van der Waals surface area contributed by atoms with Gasteiger partial charge in [0.05, 0.1) is 0 Å². The topological polar surface area (TPSA) is 63.3 Å². The maximum atomic E-state index is 10.6. The predicted octanol–water partition coefficient (Wildman–Crippen LogP) is 6.51. The first-order valence-corrected chi connectivity index (χ1v) is 11.6. The van der Waals surface area contributed by atoms with Crippen LogP contribution in [-0.2, 0) is 4.79 Å². The summed E-state index contributed by atoms with van der Waals surface area (Å²) < 4.78 is 0. The molecule has 0 bridgehead atoms. The third-order valence-electron chi connectivity index (χ3n) is 5.43. The number of carbonyl (C=O) groups is 1. The van der Waals surface area contributed by atoms with E-state index in [2.05, 4.69) is 6.92 Å². The van der Waals surface area contributed by atoms with Crippen LogP contribution in [0.4, 0.5) is 0 Å². The molecule has 1 amide bonds. The molecule has 0 aliphatic rings. The first kappa shape index (κ1) is 25.4. The Morgan fingerprint density at radius 3 is 1.27 bits per heavy atom. The van der Waals surface area contributed by atoms with Crippen LogP contribution in [0.3, 0.4) is 0 Å². The van der Waals surface area contributed by atoms with Crippen LogP contribution in [0.5, 0.6) is 0 Å². The molecule has 3 heteroatoms. The molecule has 0 aliphatic heterocycles. The minimum Gasteiger partial charge on any atom is -0.396 e. The number of nitrogens with two attached hydrogens (primary N) is 1. The van der Waals surface area contributed by atoms with E-state index < -0.39 is 0 Å². The zero-order chi connectivity index (χ0) is 19.3. The van der Waals surface area contributed by atoms with Crippen molar-refractivity contribution < 1.29 is 9.90 Å². The SMILES string of the molecule is CC(CO)CCCCCCCCCCCCCCCCCCCC(N)=O. The van der Waals surface area contributed by atoms with Crippen molar-refractivity contribution in [2.75, 3.05) is 6.61 Å². The monoisotopic (exact) mass is 369 g/mol. The van der Waals surface area contributed by atoms with Crippen molar-refractivity contribution in [3.05, 3.63) is 0 Å². The number of aliphatic hydroxyl groups is 1. The summed E-state index contributed by atoms with van der Waals surface area (Å²) >= 11 is 0. The highest BCUT2D eigenvalue weighted by Gasteiger charge is 1.99. The number of primary amides is 1. The molecule has 3 nitrogen and oxygen atoms in total. The van der Waals surface area contributed by atoms with E-state index in [1.54, 1.807) is 0 Å². The fourth-order valence-corrected chi connectivity index (χ4v) is 3.53. The summed E-state index contributed by atoms with van der Waals surface area (Å²) in [5.41, 5.74) is 5.13. The standard InChI is InChI=1S/C23H47NO2/c1-22(21-25)19-17-15-13-11-9-7-5-3-2-4-6-8-10-12-14-16-18-20-23(24)26/h22,25H,2-21H2,1H3,(H2,24,26). The van der Waals surface area contributed by atoms with E-state index >= 15 is 0 Å². The quantitative estimate of drug-likeness (QED) is 0.226. The van der Waals surface area contributed by atoms with Crippen LogP contribution in [0, 0.1) is 5.92 Å². The van der Waals surface area contributed by atoms with Gasteiger partial charge in [-0.25, -0.2) is 0 Å². The summed E-state index contributed by atoms with van der Waals surface area (Å²) in [5.74, 6) is 0.331. The lowest BCUT2D eigenvalue weighted by molar-refractivity contribution is -0.118. The van der Waals surface area contributed by atoms with Crippen LogP contribution in [-0.4, -0.2) is 17.6 Å². The summed E-state index contributed by atoms with van der Waals surface area (Å²) in [6.45, 7) is 2.48. The number of amides is 1. The molecule has 0 aromatic heterocycles. The van der Waals surface area contributed by atoms with Crippen LogP contribution in [0.25, 0.3) is 0 Å². The zero-order valence-corrected chi connectivity index (χ0v) is 17.7. The minimum absolute atomic E-state index is 0.158. The summed E-state index contributed by atoms with van der Waals surface area (Å²) in [7, 11) is 0. The molecule has 0 heterocycles. The van der Waals surface area contributed by atoms with Gasteiger partial charge in [-0.3, -0.25) is 4.79 Å². The number of aliphatic hydroxyl groups excluding tert-OH is 1. The molecule has 1 atom stereocenters. The van der Waals surface area contributed by atoms with Gasteiger partial charge in [-0.1, -0.05) is 110 Å². The Kier molecular flexibility index (Phi) is 20.3. The van der Waals surface area contributed by atoms with E-state index in [1.807, 2.05) is 0 Å². The Morgan fingerprint density at radius 1 is 0.654 bits per heavy atom. The number of hydrogen-bond acceptors (Lipinski definition) is 2. The van der Waals surface area contributed by atoms with Crippen molar-refractivity contribution in [2.45, 2.75) is 129 Å². The smallest absolute Gasteiger partial charge is 0.217 e. The average molecular weight is 370 g/mol. The van der Waals surface area contributed by atoms with Gasteiger partial charge in [0.2, 0.25) is 5.91 Å². The Labute approximate surface area is 163 Å². The second kappa shape index (κ2) is 20.7. The molecule has 0 fully saturated rings. The van der Waals surface area contributed by atoms with Crippen LogP contribution in [0.1, 0.15) is 129 Å². The van der Waals surface area contributed by atoms with Gasteiger partial charge in [-0.05, 0) is 18.8 Å². The van der Waals surface area contributed by atoms with Crippen molar-refractivity contribution in [2.24, 2.45) is 11.7 Å². The number of carbonyl (C=O) groups excluding carboxylic acids is 1. The third kappa shape index (κ3) is 21.5. The number of rotatable bonds is 21. The molecular weight excluding hydrogens is 322 g/mol. The van der Waals surface area contributed by atoms with Crippen molar-refractivity contribution >= 4 is 5.91 Å². The Morgan fingerprint density at radius 2 is 0.962 bits per heavy atom. The highest BCUT2D eigenvalue weighted by molar-refractivity contribution is 5.73. The fraction of sp³-hybridized carbons (Fsp3) is 0.957. The van der Waals surface area contributed by atoms with Crippen molar-refractivity contribution in [3.8, 4) is 0 Å². The van der Waals surface area contributed by atoms with E-state index in [0.29, 0.717) is 18.9 Å². The van der Waals surface area contributed by atoms with E-state index in [9.17, 15) is 4.79 Å². The van der Waals surface area contributed by atoms with Gasteiger partial charge in [-0.2, -0.15) is 0 Å². The molecule has 0 aliphatic carbocycles. The molecular formula is C23H47NO2. The van der Waals surface area contributed by atoms with Gasteiger partial charge in [0.25, 0.3) is 0 Å². The summed E-state index contributed by atoms with van der Waals surface area (Å²) in [5, 5.41) is 8.98. The Hall–Kier alpha value is -0.570. The predicted molar refractivity (Wildman–Crippen MR) is 113 cm³/mol. The maximum absolute atomic E-state index is 10.6. The highest BCUT2D eigenvalue weighted by Crippen LogP contribution is 2.15. The zero-order valence-electron chi connectivity index (χ0n) is 17.7. The summed E-state index contributed by atoms with van der Waals surface area (Å²) in [6.07, 6.45) is 24.5. The molecule has 156 valence electrons. The number of hydrogen-bond donors (Lipinski definition) is 2. The lowest BCUT2D eigenvalue weighted by Crippen LogP contribution is -2.09. The van der Waals surface area contributed by atoms with Gasteiger partial charge in [0, 0.05) is 13.0 Å². The second-order valence-corrected chi connectivity index (χ2v) is 8.30. The molecule has 0 saturated carbocycles. The minimum atomic E-state index is -0.158. The van der Waals surface area contributed by atoms with E-state index in [-0.39, 0.29) is 5.91 Å². The normalized spacial score (nSPS) is 12.4. The molecule has 0 rings (SSSR count). The van der Waals surface area contributed by atoms with Crippen molar-refractivity contribution in [1.82, 2.24) is 0 Å². The molecule has 0 aromatic rings. The Balaban J connectivity index is 3.02. The van der Waals surface area contributed by atoms with Crippen LogP contribution < -0.4 is 5.73 Å². The molecule has 26 heavy (non-hydrogen) atoms. The van der Waals surface area contributed by atoms with Crippen LogP contribution >= 0.6 is 0 Å². The van der Waals surface area contributed by atoms with Gasteiger partial charge in [-0.15, -0.1) is 0 Å². The van der Waals surface area contributed by atoms with E-state index in [0.717, 1.165) is 12.8 Å². The molecule has 3 N–H and O–H groups in total. The van der Waals surface area contributed by atoms with E-state index in [1.165, 1.54) is 103 Å². The molecule has 0 aromatic carbocycles. The lowest BCUT2D eigenvalue weighted by Gasteiger charge is -2.07. The third-order valence-corrected chi connectivity index (χ3v) is 5.43. The van der Waals surface area contributed by atoms with Gasteiger partial charge < -0.3 is 10.8 Å². The molecule has 0 radical (unpaired) electrons. The number of unbranched alkanes of at least 4 members (excludes halogenated alkanes) is 16. The van der Waals surface area contributed by atoms with Crippen molar-refractivity contribution in [1.29, 1.82) is 0 Å². The highest BCUT2D eigenvalue weighted by atomic mass is 16.3. The van der Waals surface area contributed by atoms with Gasteiger partial charge >= 0.3 is 0 Å². The first-order chi connectivity index (χ1) is 12.7. The average Bonchev–Trinajstić information content (AvgIpc) is 2.63. The van der Waals surface area contributed by atoms with Crippen LogP contribution in [0.15, 0.2) is 0 Å². The van der Waals surface area contributed by atoms with Gasteiger partial charge in [0.15, 0.2) is 0 Å². The molecule has 0 saturated heterocycles. The lowest BCUT2D eigenvalue weighted by atomic mass is 10.0. The maximum Gasteiger partial charge on any atom is 0.217 e. The van der Waals surface area contributed by atoms with Gasteiger partial charge in [0.1, 0.15) is 0 Å². The fourth-order valence-electron chi connectivity index (χ4n) is 3.53. The second-order valence-electron chi connectivity index (χ2n) is 8.30. The first-order valence-electron chi connectivity index (χ1n) is 11.6. The molecule has 0 spiro atoms.